The van der Waals surface area contributed by atoms with E-state index in [9.17, 15) is 0 Å². The van der Waals surface area contributed by atoms with Crippen LogP contribution in [0.2, 0.25) is 0 Å². The van der Waals surface area contributed by atoms with Gasteiger partial charge in [-0.2, -0.15) is 0 Å². The Kier molecular flexibility index (Phi) is 8.80. The third kappa shape index (κ3) is 5.94. The van der Waals surface area contributed by atoms with Crippen LogP contribution in [0.3, 0.4) is 0 Å². The summed E-state index contributed by atoms with van der Waals surface area (Å²) >= 11 is 0. The van der Waals surface area contributed by atoms with Crippen molar-refractivity contribution in [3.8, 4) is 44.9 Å². The van der Waals surface area contributed by atoms with Crippen LogP contribution in [0.15, 0.2) is 207 Å². The smallest absolute Gasteiger partial charge is 0.160 e. The molecule has 0 aliphatic heterocycles. The fourth-order valence-corrected chi connectivity index (χ4v) is 9.57. The summed E-state index contributed by atoms with van der Waals surface area (Å²) in [7, 11) is 0. The Balaban J connectivity index is 1.17. The van der Waals surface area contributed by atoms with Gasteiger partial charge in [0.1, 0.15) is 0 Å². The van der Waals surface area contributed by atoms with Gasteiger partial charge in [0.05, 0.1) is 16.8 Å². The average Bonchev–Trinajstić information content (AvgIpc) is 3.59. The standard InChI is InChI=1S/C57H44N2/c1-38(40-21-7-5-8-22-40)19-17-20-39(2)53-37-54(43-26-18-25-42(35-43)41-23-9-6-10-24-41)59-55(58-53)44-33-34-50-52(36-44)57(51-32-16-15-31-49(51)56(50,3)4)47-29-13-11-27-45(47)46-28-12-14-30-48(46)57/h5-37H,2H2,1,3-4H3/b20-17-,38-19+. The van der Waals surface area contributed by atoms with Gasteiger partial charge in [0, 0.05) is 16.5 Å². The molecule has 0 saturated carbocycles. The van der Waals surface area contributed by atoms with Crippen molar-refractivity contribution in [1.82, 2.24) is 9.97 Å². The largest absolute Gasteiger partial charge is 0.228 e. The Bertz CT molecular complexity index is 2940. The van der Waals surface area contributed by atoms with E-state index in [1.807, 2.05) is 6.07 Å². The first kappa shape index (κ1) is 36.2. The lowest BCUT2D eigenvalue weighted by Crippen LogP contribution is -2.40. The highest BCUT2D eigenvalue weighted by molar-refractivity contribution is 5.89. The van der Waals surface area contributed by atoms with E-state index in [4.69, 9.17) is 9.97 Å². The Morgan fingerprint density at radius 2 is 1.07 bits per heavy atom. The molecule has 0 fully saturated rings. The van der Waals surface area contributed by atoms with Crippen molar-refractivity contribution in [3.05, 3.63) is 251 Å². The van der Waals surface area contributed by atoms with E-state index in [0.717, 1.165) is 39.2 Å². The molecule has 1 heterocycles. The van der Waals surface area contributed by atoms with Crippen molar-refractivity contribution >= 4 is 11.1 Å². The Labute approximate surface area is 347 Å². The van der Waals surface area contributed by atoms with Crippen molar-refractivity contribution in [2.75, 3.05) is 0 Å². The molecular formula is C57H44N2. The topological polar surface area (TPSA) is 25.8 Å². The maximum absolute atomic E-state index is 5.38. The predicted molar refractivity (Wildman–Crippen MR) is 246 cm³/mol. The van der Waals surface area contributed by atoms with Gasteiger partial charge in [-0.25, -0.2) is 9.97 Å². The normalized spacial score (nSPS) is 14.4. The Hall–Kier alpha value is -7.16. The monoisotopic (exact) mass is 756 g/mol. The first-order valence-electron chi connectivity index (χ1n) is 20.4. The van der Waals surface area contributed by atoms with E-state index in [1.54, 1.807) is 0 Å². The minimum Gasteiger partial charge on any atom is -0.228 e. The van der Waals surface area contributed by atoms with Gasteiger partial charge in [-0.1, -0.05) is 202 Å². The van der Waals surface area contributed by atoms with Gasteiger partial charge in [-0.15, -0.1) is 0 Å². The van der Waals surface area contributed by atoms with Gasteiger partial charge in [0.15, 0.2) is 5.82 Å². The van der Waals surface area contributed by atoms with Crippen molar-refractivity contribution in [2.24, 2.45) is 0 Å². The second-order valence-electron chi connectivity index (χ2n) is 16.3. The van der Waals surface area contributed by atoms with E-state index in [2.05, 4.69) is 222 Å². The van der Waals surface area contributed by atoms with Crippen molar-refractivity contribution in [1.29, 1.82) is 0 Å². The van der Waals surface area contributed by atoms with Crippen LogP contribution in [0.5, 0.6) is 0 Å². The summed E-state index contributed by atoms with van der Waals surface area (Å²) < 4.78 is 0. The molecule has 8 aromatic rings. The molecule has 2 heteroatoms. The number of benzene rings is 7. The number of nitrogens with zero attached hydrogens (tertiary/aromatic N) is 2. The number of hydrogen-bond acceptors (Lipinski definition) is 2. The zero-order valence-corrected chi connectivity index (χ0v) is 33.7. The van der Waals surface area contributed by atoms with Crippen molar-refractivity contribution < 1.29 is 0 Å². The molecule has 1 aromatic heterocycles. The second kappa shape index (κ2) is 14.3. The maximum Gasteiger partial charge on any atom is 0.160 e. The molecule has 1 spiro atoms. The highest BCUT2D eigenvalue weighted by Crippen LogP contribution is 2.62. The first-order chi connectivity index (χ1) is 28.8. The average molecular weight is 757 g/mol. The molecule has 2 aliphatic carbocycles. The van der Waals surface area contributed by atoms with Gasteiger partial charge < -0.3 is 0 Å². The minimum atomic E-state index is -0.510. The number of fused-ring (bicyclic) bond motifs is 9. The van der Waals surface area contributed by atoms with Crippen LogP contribution in [-0.4, -0.2) is 9.97 Å². The molecule has 282 valence electrons. The number of aromatic nitrogens is 2. The van der Waals surface area contributed by atoms with Crippen LogP contribution >= 0.6 is 0 Å². The lowest BCUT2D eigenvalue weighted by atomic mass is 9.55. The molecule has 0 N–H and O–H groups in total. The molecule has 2 nitrogen and oxygen atoms in total. The van der Waals surface area contributed by atoms with Gasteiger partial charge in [0.25, 0.3) is 0 Å². The first-order valence-corrected chi connectivity index (χ1v) is 20.4. The molecule has 7 aromatic carbocycles. The second-order valence-corrected chi connectivity index (χ2v) is 16.3. The van der Waals surface area contributed by atoms with Crippen molar-refractivity contribution in [2.45, 2.75) is 31.6 Å². The summed E-state index contributed by atoms with van der Waals surface area (Å²) in [5.74, 6) is 0.669. The summed E-state index contributed by atoms with van der Waals surface area (Å²) in [6, 6.07) is 65.6. The van der Waals surface area contributed by atoms with E-state index in [1.165, 1.54) is 55.6 Å². The summed E-state index contributed by atoms with van der Waals surface area (Å²) in [5, 5.41) is 0. The fourth-order valence-electron chi connectivity index (χ4n) is 9.57. The maximum atomic E-state index is 5.38. The lowest BCUT2D eigenvalue weighted by Gasteiger charge is -2.46. The molecule has 10 rings (SSSR count). The highest BCUT2D eigenvalue weighted by atomic mass is 14.9. The summed E-state index contributed by atoms with van der Waals surface area (Å²) in [4.78, 5) is 10.7. The van der Waals surface area contributed by atoms with Gasteiger partial charge in [-0.3, -0.25) is 0 Å². The molecule has 0 bridgehead atoms. The summed E-state index contributed by atoms with van der Waals surface area (Å²) in [6.45, 7) is 11.4. The highest BCUT2D eigenvalue weighted by Gasteiger charge is 2.53. The SMILES string of the molecule is C=C(/C=C\C=C(/C)c1ccccc1)c1cc(-c2cccc(-c3ccccc3)c2)nc(-c2ccc3c(c2)C2(c4ccccc4-c4ccccc42)c2ccccc2C3(C)C)n1. The van der Waals surface area contributed by atoms with Gasteiger partial charge in [-0.05, 0) is 97.5 Å². The lowest BCUT2D eigenvalue weighted by molar-refractivity contribution is 0.563. The van der Waals surface area contributed by atoms with Gasteiger partial charge in [0.2, 0.25) is 0 Å². The zero-order valence-electron chi connectivity index (χ0n) is 33.7. The summed E-state index contributed by atoms with van der Waals surface area (Å²) in [6.07, 6.45) is 6.25. The molecule has 59 heavy (non-hydrogen) atoms. The Morgan fingerprint density at radius 1 is 0.492 bits per heavy atom. The predicted octanol–water partition coefficient (Wildman–Crippen LogP) is 14.2. The van der Waals surface area contributed by atoms with Crippen LogP contribution in [-0.2, 0) is 10.8 Å². The molecule has 0 radical (unpaired) electrons. The van der Waals surface area contributed by atoms with Crippen LogP contribution < -0.4 is 0 Å². The zero-order chi connectivity index (χ0) is 40.1. The van der Waals surface area contributed by atoms with Crippen molar-refractivity contribution in [3.63, 3.8) is 0 Å². The van der Waals surface area contributed by atoms with Crippen LogP contribution in [0, 0.1) is 0 Å². The number of hydrogen-bond donors (Lipinski definition) is 0. The molecule has 0 atom stereocenters. The van der Waals surface area contributed by atoms with Crippen LogP contribution in [0.1, 0.15) is 65.4 Å². The number of rotatable bonds is 7. The Morgan fingerprint density at radius 3 is 1.78 bits per heavy atom. The van der Waals surface area contributed by atoms with E-state index < -0.39 is 5.41 Å². The quantitative estimate of drug-likeness (QED) is 0.151. The van der Waals surface area contributed by atoms with E-state index in [-0.39, 0.29) is 5.41 Å². The van der Waals surface area contributed by atoms with Crippen LogP contribution in [0.25, 0.3) is 56.0 Å². The summed E-state index contributed by atoms with van der Waals surface area (Å²) in [5.41, 5.74) is 18.8. The fraction of sp³-hybridized carbons (Fsp3) is 0.0877. The number of allylic oxidation sites excluding steroid dienone is 5. The van der Waals surface area contributed by atoms with Gasteiger partial charge >= 0.3 is 0 Å². The van der Waals surface area contributed by atoms with E-state index in [0.29, 0.717) is 5.82 Å². The van der Waals surface area contributed by atoms with E-state index >= 15 is 0 Å². The minimum absolute atomic E-state index is 0.238. The molecule has 2 aliphatic rings. The molecule has 0 amide bonds. The molecule has 0 unspecified atom stereocenters. The third-order valence-electron chi connectivity index (χ3n) is 12.5. The molecular weight excluding hydrogens is 713 g/mol. The third-order valence-corrected chi connectivity index (χ3v) is 12.5. The van der Waals surface area contributed by atoms with Crippen LogP contribution in [0.4, 0.5) is 0 Å². The molecule has 0 saturated heterocycles.